The van der Waals surface area contributed by atoms with E-state index in [1.54, 1.807) is 18.2 Å². The zero-order valence-electron chi connectivity index (χ0n) is 8.86. The van der Waals surface area contributed by atoms with Gasteiger partial charge in [-0.1, -0.05) is 0 Å². The van der Waals surface area contributed by atoms with Crippen molar-refractivity contribution in [1.82, 2.24) is 0 Å². The summed E-state index contributed by atoms with van der Waals surface area (Å²) in [6, 6.07) is 6.93. The van der Waals surface area contributed by atoms with Crippen LogP contribution in [0.3, 0.4) is 0 Å². The predicted molar refractivity (Wildman–Crippen MR) is 57.8 cm³/mol. The van der Waals surface area contributed by atoms with E-state index in [4.69, 9.17) is 9.15 Å². The molecule has 0 fully saturated rings. The molecule has 0 spiro atoms. The summed E-state index contributed by atoms with van der Waals surface area (Å²) in [5.41, 5.74) is 0.773. The molecule has 2 rings (SSSR count). The Morgan fingerprint density at radius 1 is 1.33 bits per heavy atom. The molecule has 1 aromatic carbocycles. The first-order valence-electron chi connectivity index (χ1n) is 4.98. The summed E-state index contributed by atoms with van der Waals surface area (Å²) in [5, 5.41) is 10.2. The smallest absolute Gasteiger partial charge is 0.134 e. The van der Waals surface area contributed by atoms with Crippen molar-refractivity contribution >= 4 is 11.0 Å². The van der Waals surface area contributed by atoms with Crippen LogP contribution in [0.2, 0.25) is 0 Å². The van der Waals surface area contributed by atoms with E-state index in [0.29, 0.717) is 6.61 Å². The number of benzene rings is 1. The highest BCUT2D eigenvalue weighted by Crippen LogP contribution is 2.23. The summed E-state index contributed by atoms with van der Waals surface area (Å²) >= 11 is 0. The van der Waals surface area contributed by atoms with Gasteiger partial charge in [0, 0.05) is 5.39 Å². The summed E-state index contributed by atoms with van der Waals surface area (Å²) in [6.45, 7) is 4.43. The maximum absolute atomic E-state index is 9.28. The minimum Gasteiger partial charge on any atom is -0.508 e. The third-order valence-corrected chi connectivity index (χ3v) is 2.11. The Morgan fingerprint density at radius 2 is 2.13 bits per heavy atom. The molecule has 0 saturated carbocycles. The van der Waals surface area contributed by atoms with Crippen molar-refractivity contribution in [2.75, 3.05) is 0 Å². The first-order chi connectivity index (χ1) is 7.15. The number of phenolic OH excluding ortho intramolecular Hbond substituents is 1. The quantitative estimate of drug-likeness (QED) is 0.839. The monoisotopic (exact) mass is 206 g/mol. The average Bonchev–Trinajstić information content (AvgIpc) is 2.56. The van der Waals surface area contributed by atoms with Crippen LogP contribution in [-0.4, -0.2) is 11.2 Å². The van der Waals surface area contributed by atoms with E-state index >= 15 is 0 Å². The number of phenols is 1. The molecule has 0 atom stereocenters. The molecule has 1 aromatic heterocycles. The van der Waals surface area contributed by atoms with Crippen LogP contribution in [-0.2, 0) is 11.3 Å². The van der Waals surface area contributed by atoms with Gasteiger partial charge < -0.3 is 14.3 Å². The van der Waals surface area contributed by atoms with E-state index in [2.05, 4.69) is 0 Å². The third kappa shape index (κ3) is 2.30. The second-order valence-electron chi connectivity index (χ2n) is 3.79. The second-order valence-corrected chi connectivity index (χ2v) is 3.79. The number of hydrogen-bond acceptors (Lipinski definition) is 3. The Bertz CT molecular complexity index is 457. The summed E-state index contributed by atoms with van der Waals surface area (Å²) in [4.78, 5) is 0. The first-order valence-corrected chi connectivity index (χ1v) is 4.98. The number of aromatic hydroxyl groups is 1. The average molecular weight is 206 g/mol. The van der Waals surface area contributed by atoms with Gasteiger partial charge in [0.15, 0.2) is 0 Å². The number of hydrogen-bond donors (Lipinski definition) is 1. The van der Waals surface area contributed by atoms with E-state index in [9.17, 15) is 5.11 Å². The number of rotatable bonds is 3. The van der Waals surface area contributed by atoms with Crippen LogP contribution in [0.4, 0.5) is 0 Å². The Hall–Kier alpha value is -1.48. The molecule has 0 saturated heterocycles. The van der Waals surface area contributed by atoms with Gasteiger partial charge in [0.2, 0.25) is 0 Å². The van der Waals surface area contributed by atoms with Gasteiger partial charge in [0.25, 0.3) is 0 Å². The standard InChI is InChI=1S/C12H14O3/c1-8(2)14-7-11-6-9-5-10(13)3-4-12(9)15-11/h3-6,8,13H,7H2,1-2H3. The van der Waals surface area contributed by atoms with Gasteiger partial charge in [-0.15, -0.1) is 0 Å². The van der Waals surface area contributed by atoms with Crippen LogP contribution >= 0.6 is 0 Å². The molecule has 80 valence electrons. The highest BCUT2D eigenvalue weighted by Gasteiger charge is 2.05. The molecule has 0 aliphatic heterocycles. The predicted octanol–water partition coefficient (Wildman–Crippen LogP) is 3.06. The van der Waals surface area contributed by atoms with Crippen LogP contribution in [0.15, 0.2) is 28.7 Å². The van der Waals surface area contributed by atoms with Crippen molar-refractivity contribution in [2.45, 2.75) is 26.6 Å². The van der Waals surface area contributed by atoms with Crippen molar-refractivity contribution in [3.8, 4) is 5.75 Å². The molecular weight excluding hydrogens is 192 g/mol. The van der Waals surface area contributed by atoms with E-state index in [-0.39, 0.29) is 11.9 Å². The molecule has 0 radical (unpaired) electrons. The zero-order valence-corrected chi connectivity index (χ0v) is 8.86. The van der Waals surface area contributed by atoms with Crippen LogP contribution in [0.25, 0.3) is 11.0 Å². The fourth-order valence-corrected chi connectivity index (χ4v) is 1.41. The van der Waals surface area contributed by atoms with E-state index in [1.165, 1.54) is 0 Å². The summed E-state index contributed by atoms with van der Waals surface area (Å²) in [7, 11) is 0. The minimum absolute atomic E-state index is 0.187. The van der Waals surface area contributed by atoms with Gasteiger partial charge >= 0.3 is 0 Å². The topological polar surface area (TPSA) is 42.6 Å². The lowest BCUT2D eigenvalue weighted by Gasteiger charge is -2.03. The van der Waals surface area contributed by atoms with Gasteiger partial charge in [-0.05, 0) is 38.1 Å². The van der Waals surface area contributed by atoms with E-state index in [0.717, 1.165) is 16.7 Å². The van der Waals surface area contributed by atoms with Gasteiger partial charge in [0.05, 0.1) is 6.10 Å². The molecule has 1 N–H and O–H groups in total. The maximum Gasteiger partial charge on any atom is 0.134 e. The van der Waals surface area contributed by atoms with Crippen molar-refractivity contribution in [1.29, 1.82) is 0 Å². The highest BCUT2D eigenvalue weighted by atomic mass is 16.5. The Labute approximate surface area is 88.3 Å². The molecule has 15 heavy (non-hydrogen) atoms. The van der Waals surface area contributed by atoms with Gasteiger partial charge in [-0.25, -0.2) is 0 Å². The summed E-state index contributed by atoms with van der Waals surface area (Å²) in [5.74, 6) is 1.03. The molecular formula is C12H14O3. The van der Waals surface area contributed by atoms with Gasteiger partial charge in [-0.3, -0.25) is 0 Å². The molecule has 1 heterocycles. The van der Waals surface area contributed by atoms with Crippen molar-refractivity contribution in [2.24, 2.45) is 0 Å². The van der Waals surface area contributed by atoms with Crippen molar-refractivity contribution < 1.29 is 14.3 Å². The minimum atomic E-state index is 0.187. The third-order valence-electron chi connectivity index (χ3n) is 2.11. The number of ether oxygens (including phenoxy) is 1. The van der Waals surface area contributed by atoms with Gasteiger partial charge in [0.1, 0.15) is 23.7 Å². The van der Waals surface area contributed by atoms with E-state index < -0.39 is 0 Å². The Balaban J connectivity index is 2.23. The second kappa shape index (κ2) is 3.95. The fraction of sp³-hybridized carbons (Fsp3) is 0.333. The lowest BCUT2D eigenvalue weighted by molar-refractivity contribution is 0.0553. The normalized spacial score (nSPS) is 11.4. The molecule has 0 unspecified atom stereocenters. The molecule has 0 amide bonds. The first kappa shape index (κ1) is 10.1. The van der Waals surface area contributed by atoms with Crippen LogP contribution < -0.4 is 0 Å². The SMILES string of the molecule is CC(C)OCc1cc2cc(O)ccc2o1. The Morgan fingerprint density at radius 3 is 2.87 bits per heavy atom. The highest BCUT2D eigenvalue weighted by molar-refractivity contribution is 5.79. The summed E-state index contributed by atoms with van der Waals surface area (Å²) in [6.07, 6.45) is 0.187. The molecule has 3 heteroatoms. The number of fused-ring (bicyclic) bond motifs is 1. The Kier molecular flexibility index (Phi) is 2.64. The number of furan rings is 1. The van der Waals surface area contributed by atoms with Gasteiger partial charge in [-0.2, -0.15) is 0 Å². The lowest BCUT2D eigenvalue weighted by Crippen LogP contribution is -2.01. The van der Waals surface area contributed by atoms with Crippen LogP contribution in [0.1, 0.15) is 19.6 Å². The van der Waals surface area contributed by atoms with E-state index in [1.807, 2.05) is 19.9 Å². The molecule has 3 nitrogen and oxygen atoms in total. The van der Waals surface area contributed by atoms with Crippen molar-refractivity contribution in [3.05, 3.63) is 30.0 Å². The van der Waals surface area contributed by atoms with Crippen molar-refractivity contribution in [3.63, 3.8) is 0 Å². The lowest BCUT2D eigenvalue weighted by atomic mass is 10.2. The largest absolute Gasteiger partial charge is 0.508 e. The molecule has 2 aromatic rings. The fourth-order valence-electron chi connectivity index (χ4n) is 1.41. The molecule has 0 aliphatic rings. The summed E-state index contributed by atoms with van der Waals surface area (Å²) < 4.78 is 11.0. The zero-order chi connectivity index (χ0) is 10.8. The van der Waals surface area contributed by atoms with Crippen LogP contribution in [0.5, 0.6) is 5.75 Å². The molecule has 0 bridgehead atoms. The maximum atomic E-state index is 9.28. The molecule has 0 aliphatic carbocycles. The van der Waals surface area contributed by atoms with Crippen LogP contribution in [0, 0.1) is 0 Å².